The van der Waals surface area contributed by atoms with E-state index in [0.29, 0.717) is 5.92 Å². The number of pyridine rings is 1. The van der Waals surface area contributed by atoms with Crippen molar-refractivity contribution in [2.45, 2.75) is 27.3 Å². The van der Waals surface area contributed by atoms with Crippen LogP contribution in [0.5, 0.6) is 0 Å². The average molecular weight is 367 g/mol. The van der Waals surface area contributed by atoms with Crippen LogP contribution in [0, 0.1) is 26.7 Å². The van der Waals surface area contributed by atoms with Gasteiger partial charge in [0.05, 0.1) is 10.7 Å². The van der Waals surface area contributed by atoms with Gasteiger partial charge >= 0.3 is 0 Å². The van der Waals surface area contributed by atoms with E-state index < -0.39 is 0 Å². The minimum atomic E-state index is 0.112. The van der Waals surface area contributed by atoms with Crippen LogP contribution in [0.4, 0.5) is 0 Å². The second kappa shape index (κ2) is 6.64. The van der Waals surface area contributed by atoms with Crippen LogP contribution in [-0.2, 0) is 6.54 Å². The monoisotopic (exact) mass is 367 g/mol. The number of thiazole rings is 1. The first-order valence-corrected chi connectivity index (χ1v) is 9.50. The molecule has 0 spiro atoms. The summed E-state index contributed by atoms with van der Waals surface area (Å²) in [5.41, 5.74) is 3.04. The molecule has 26 heavy (non-hydrogen) atoms. The molecule has 3 aromatic heterocycles. The summed E-state index contributed by atoms with van der Waals surface area (Å²) < 4.78 is 2.24. The average Bonchev–Trinajstić information content (AvgIpc) is 3.12. The number of aromatic nitrogens is 4. The van der Waals surface area contributed by atoms with Crippen molar-refractivity contribution in [3.63, 3.8) is 0 Å². The number of hydrogen-bond acceptors (Lipinski definition) is 5. The number of aryl methyl sites for hydroxylation is 3. The molecule has 0 aliphatic carbocycles. The van der Waals surface area contributed by atoms with Gasteiger partial charge in [0.25, 0.3) is 5.91 Å². The molecule has 4 rings (SSSR count). The summed E-state index contributed by atoms with van der Waals surface area (Å²) in [4.78, 5) is 28.3. The van der Waals surface area contributed by atoms with E-state index in [4.69, 9.17) is 0 Å². The predicted octanol–water partition coefficient (Wildman–Crippen LogP) is 3.10. The minimum Gasteiger partial charge on any atom is -0.337 e. The Balaban J connectivity index is 1.44. The Morgan fingerprint density at radius 2 is 1.96 bits per heavy atom. The highest BCUT2D eigenvalue weighted by Crippen LogP contribution is 2.27. The lowest BCUT2D eigenvalue weighted by Gasteiger charge is -2.39. The molecule has 0 aromatic carbocycles. The molecule has 134 valence electrons. The van der Waals surface area contributed by atoms with E-state index in [2.05, 4.69) is 26.4 Å². The lowest BCUT2D eigenvalue weighted by molar-refractivity contribution is 0.0473. The summed E-state index contributed by atoms with van der Waals surface area (Å²) in [7, 11) is 0. The number of carbonyl (C=O) groups excluding carboxylic acids is 1. The largest absolute Gasteiger partial charge is 0.337 e. The molecular weight excluding hydrogens is 346 g/mol. The normalized spacial score (nSPS) is 14.5. The number of likely N-dealkylation sites (tertiary alicyclic amines) is 1. The molecule has 1 saturated heterocycles. The molecule has 7 heteroatoms. The number of amides is 1. The third-order valence-electron chi connectivity index (χ3n) is 4.78. The van der Waals surface area contributed by atoms with Gasteiger partial charge in [-0.2, -0.15) is 0 Å². The second-order valence-corrected chi connectivity index (χ2v) is 8.00. The molecule has 0 radical (unpaired) electrons. The first kappa shape index (κ1) is 16.9. The van der Waals surface area contributed by atoms with Crippen LogP contribution in [0.25, 0.3) is 11.4 Å². The van der Waals surface area contributed by atoms with Crippen molar-refractivity contribution in [3.05, 3.63) is 52.0 Å². The highest BCUT2D eigenvalue weighted by Gasteiger charge is 2.33. The topological polar surface area (TPSA) is 63.9 Å². The van der Waals surface area contributed by atoms with Gasteiger partial charge in [-0.05, 0) is 32.9 Å². The molecule has 0 unspecified atom stereocenters. The number of carbonyl (C=O) groups is 1. The van der Waals surface area contributed by atoms with Crippen molar-refractivity contribution in [2.75, 3.05) is 13.1 Å². The summed E-state index contributed by atoms with van der Waals surface area (Å²) in [6.45, 7) is 8.35. The van der Waals surface area contributed by atoms with Gasteiger partial charge in [0.15, 0.2) is 0 Å². The van der Waals surface area contributed by atoms with E-state index in [-0.39, 0.29) is 5.91 Å². The Morgan fingerprint density at radius 3 is 2.62 bits per heavy atom. The molecular formula is C19H21N5OS. The van der Waals surface area contributed by atoms with Crippen molar-refractivity contribution >= 4 is 17.2 Å². The molecule has 1 amide bonds. The van der Waals surface area contributed by atoms with Crippen molar-refractivity contribution < 1.29 is 4.79 Å². The summed E-state index contributed by atoms with van der Waals surface area (Å²) in [6.07, 6.45) is 5.47. The Labute approximate surface area is 156 Å². The van der Waals surface area contributed by atoms with Gasteiger partial charge in [-0.25, -0.2) is 9.97 Å². The predicted molar refractivity (Wildman–Crippen MR) is 101 cm³/mol. The maximum Gasteiger partial charge on any atom is 0.265 e. The van der Waals surface area contributed by atoms with Crippen LogP contribution in [0.3, 0.4) is 0 Å². The summed E-state index contributed by atoms with van der Waals surface area (Å²) in [6, 6.07) is 3.95. The molecule has 1 aliphatic heterocycles. The molecule has 4 heterocycles. The van der Waals surface area contributed by atoms with E-state index in [0.717, 1.165) is 52.3 Å². The van der Waals surface area contributed by atoms with Crippen molar-refractivity contribution in [3.8, 4) is 11.4 Å². The van der Waals surface area contributed by atoms with Gasteiger partial charge in [-0.3, -0.25) is 9.78 Å². The number of imidazole rings is 1. The van der Waals surface area contributed by atoms with Crippen LogP contribution < -0.4 is 0 Å². The van der Waals surface area contributed by atoms with E-state index >= 15 is 0 Å². The molecule has 0 saturated carbocycles. The molecule has 0 atom stereocenters. The molecule has 6 nitrogen and oxygen atoms in total. The summed E-state index contributed by atoms with van der Waals surface area (Å²) in [5.74, 6) is 1.52. The van der Waals surface area contributed by atoms with E-state index in [1.807, 2.05) is 37.1 Å². The molecule has 3 aromatic rings. The minimum absolute atomic E-state index is 0.112. The summed E-state index contributed by atoms with van der Waals surface area (Å²) >= 11 is 1.49. The first-order valence-electron chi connectivity index (χ1n) is 8.68. The van der Waals surface area contributed by atoms with Crippen LogP contribution in [0.15, 0.2) is 30.7 Å². The maximum absolute atomic E-state index is 12.6. The first-order chi connectivity index (χ1) is 12.5. The van der Waals surface area contributed by atoms with Crippen LogP contribution in [-0.4, -0.2) is 43.4 Å². The lowest BCUT2D eigenvalue weighted by atomic mass is 9.99. The molecule has 0 N–H and O–H groups in total. The third kappa shape index (κ3) is 3.03. The number of nitrogens with zero attached hydrogens (tertiary/aromatic N) is 5. The van der Waals surface area contributed by atoms with Crippen LogP contribution in [0.2, 0.25) is 0 Å². The molecule has 0 bridgehead atoms. The highest BCUT2D eigenvalue weighted by molar-refractivity contribution is 7.13. The van der Waals surface area contributed by atoms with E-state index in [1.165, 1.54) is 11.3 Å². The van der Waals surface area contributed by atoms with E-state index in [9.17, 15) is 4.79 Å². The van der Waals surface area contributed by atoms with Crippen LogP contribution in [0.1, 0.15) is 26.1 Å². The number of rotatable bonds is 4. The molecule has 1 fully saturated rings. The van der Waals surface area contributed by atoms with Crippen LogP contribution >= 0.6 is 11.3 Å². The quantitative estimate of drug-likeness (QED) is 0.711. The van der Waals surface area contributed by atoms with Crippen molar-refractivity contribution in [2.24, 2.45) is 5.92 Å². The standard InChI is InChI=1S/C19H21N5OS/c1-12-8-21-18(16-4-6-20-7-5-16)24(12)11-15-9-23(10-15)19(25)17-13(2)22-14(3)26-17/h4-8,15H,9-11H2,1-3H3. The Hall–Kier alpha value is -2.54. The fourth-order valence-electron chi connectivity index (χ4n) is 3.41. The SMILES string of the molecule is Cc1nc(C)c(C(=O)N2CC(Cn3c(C)cnc3-c3ccncc3)C2)s1. The fraction of sp³-hybridized carbons (Fsp3) is 0.368. The highest BCUT2D eigenvalue weighted by atomic mass is 32.1. The zero-order valence-corrected chi connectivity index (χ0v) is 16.0. The van der Waals surface area contributed by atoms with Gasteiger partial charge in [-0.15, -0.1) is 11.3 Å². The van der Waals surface area contributed by atoms with Crippen molar-refractivity contribution in [1.82, 2.24) is 24.4 Å². The van der Waals surface area contributed by atoms with Crippen molar-refractivity contribution in [1.29, 1.82) is 0 Å². The second-order valence-electron chi connectivity index (χ2n) is 6.79. The molecule has 1 aliphatic rings. The fourth-order valence-corrected chi connectivity index (χ4v) is 4.29. The summed E-state index contributed by atoms with van der Waals surface area (Å²) in [5, 5.41) is 0.943. The zero-order chi connectivity index (χ0) is 18.3. The number of hydrogen-bond donors (Lipinski definition) is 0. The zero-order valence-electron chi connectivity index (χ0n) is 15.1. The van der Waals surface area contributed by atoms with Gasteiger partial charge in [-0.1, -0.05) is 0 Å². The van der Waals surface area contributed by atoms with E-state index in [1.54, 1.807) is 12.4 Å². The third-order valence-corrected chi connectivity index (χ3v) is 5.84. The van der Waals surface area contributed by atoms with Gasteiger partial charge < -0.3 is 9.47 Å². The Bertz CT molecular complexity index is 940. The van der Waals surface area contributed by atoms with Gasteiger partial charge in [0, 0.05) is 55.4 Å². The van der Waals surface area contributed by atoms with Gasteiger partial charge in [0.1, 0.15) is 10.7 Å². The Morgan fingerprint density at radius 1 is 1.23 bits per heavy atom. The smallest absolute Gasteiger partial charge is 0.265 e. The maximum atomic E-state index is 12.6. The Kier molecular flexibility index (Phi) is 4.32. The lowest BCUT2D eigenvalue weighted by Crippen LogP contribution is -2.51. The van der Waals surface area contributed by atoms with Gasteiger partial charge in [0.2, 0.25) is 0 Å².